The average Bonchev–Trinajstić information content (AvgIpc) is 3.18. The number of hydrogen-bond donors (Lipinski definition) is 2. The lowest BCUT2D eigenvalue weighted by Crippen LogP contribution is -2.42. The number of piperidine rings is 1. The maximum Gasteiger partial charge on any atom is 0.151 e. The molecule has 1 atom stereocenters. The van der Waals surface area contributed by atoms with Gasteiger partial charge in [0.05, 0.1) is 5.69 Å². The molecule has 1 aromatic heterocycles. The van der Waals surface area contributed by atoms with Crippen LogP contribution in [-0.2, 0) is 0 Å². The van der Waals surface area contributed by atoms with Gasteiger partial charge in [-0.2, -0.15) is 0 Å². The molecule has 2 fully saturated rings. The van der Waals surface area contributed by atoms with Crippen LogP contribution in [0.15, 0.2) is 48.7 Å². The highest BCUT2D eigenvalue weighted by Gasteiger charge is 2.39. The molecule has 3 aliphatic heterocycles. The van der Waals surface area contributed by atoms with E-state index in [2.05, 4.69) is 43.7 Å². The Balaban J connectivity index is 1.32. The highest BCUT2D eigenvalue weighted by molar-refractivity contribution is 5.79. The quantitative estimate of drug-likeness (QED) is 0.820. The van der Waals surface area contributed by atoms with Crippen molar-refractivity contribution in [2.75, 3.05) is 44.7 Å². The van der Waals surface area contributed by atoms with Gasteiger partial charge >= 0.3 is 0 Å². The van der Waals surface area contributed by atoms with Gasteiger partial charge in [0.1, 0.15) is 5.75 Å². The Hall–Kier alpha value is -2.86. The molecule has 0 bridgehead atoms. The molecule has 1 aromatic carbocycles. The van der Waals surface area contributed by atoms with Crippen LogP contribution in [-0.4, -0.2) is 60.0 Å². The summed E-state index contributed by atoms with van der Waals surface area (Å²) in [7, 11) is 2.04. The molecule has 4 heterocycles. The van der Waals surface area contributed by atoms with E-state index < -0.39 is 0 Å². The second-order valence-corrected chi connectivity index (χ2v) is 8.88. The minimum atomic E-state index is 0.233. The van der Waals surface area contributed by atoms with Crippen molar-refractivity contribution >= 4 is 11.4 Å². The smallest absolute Gasteiger partial charge is 0.151 e. The van der Waals surface area contributed by atoms with Crippen LogP contribution in [0.1, 0.15) is 24.8 Å². The Morgan fingerprint density at radius 2 is 2.07 bits per heavy atom. The summed E-state index contributed by atoms with van der Waals surface area (Å²) in [5.41, 5.74) is 3.93. The number of nitrogens with zero attached hydrogens (tertiary/aromatic N) is 4. The zero-order chi connectivity index (χ0) is 20.6. The van der Waals surface area contributed by atoms with E-state index in [-0.39, 0.29) is 5.75 Å². The predicted molar refractivity (Wildman–Crippen MR) is 120 cm³/mol. The SMILES string of the molecule is CN1C=CC(c2ccc(-c3ccc(N4CCC5(CCCNC5)C4)nn3)c(O)c2)=CC1. The molecule has 6 heteroatoms. The van der Waals surface area contributed by atoms with Crippen LogP contribution in [0.2, 0.25) is 0 Å². The van der Waals surface area contributed by atoms with E-state index in [1.165, 1.54) is 19.3 Å². The second-order valence-electron chi connectivity index (χ2n) is 8.88. The topological polar surface area (TPSA) is 64.5 Å². The summed E-state index contributed by atoms with van der Waals surface area (Å²) in [5.74, 6) is 1.16. The van der Waals surface area contributed by atoms with Gasteiger partial charge in [0.25, 0.3) is 0 Å². The van der Waals surface area contributed by atoms with Crippen molar-refractivity contribution in [1.29, 1.82) is 0 Å². The number of nitrogens with one attached hydrogen (secondary N) is 1. The number of phenols is 1. The van der Waals surface area contributed by atoms with Gasteiger partial charge in [0, 0.05) is 44.2 Å². The van der Waals surface area contributed by atoms with Crippen molar-refractivity contribution in [3.63, 3.8) is 0 Å². The van der Waals surface area contributed by atoms with E-state index >= 15 is 0 Å². The number of phenolic OH excluding ortho intramolecular Hbond substituents is 1. The summed E-state index contributed by atoms with van der Waals surface area (Å²) in [4.78, 5) is 4.47. The number of likely N-dealkylation sites (N-methyl/N-ethyl adjacent to an activating group) is 1. The lowest BCUT2D eigenvalue weighted by atomic mass is 9.80. The van der Waals surface area contributed by atoms with Crippen LogP contribution >= 0.6 is 0 Å². The molecule has 5 rings (SSSR count). The second kappa shape index (κ2) is 7.76. The van der Waals surface area contributed by atoms with Crippen molar-refractivity contribution in [2.45, 2.75) is 19.3 Å². The molecular formula is C24H29N5O. The number of hydrogen-bond acceptors (Lipinski definition) is 6. The molecule has 0 aliphatic carbocycles. The van der Waals surface area contributed by atoms with E-state index in [0.717, 1.165) is 49.7 Å². The number of aromatic nitrogens is 2. The molecule has 2 N–H and O–H groups in total. The van der Waals surface area contributed by atoms with Crippen molar-refractivity contribution in [3.05, 3.63) is 54.2 Å². The van der Waals surface area contributed by atoms with E-state index in [0.29, 0.717) is 16.7 Å². The summed E-state index contributed by atoms with van der Waals surface area (Å²) in [5, 5.41) is 23.1. The lowest BCUT2D eigenvalue weighted by Gasteiger charge is -2.33. The Labute approximate surface area is 177 Å². The fourth-order valence-corrected chi connectivity index (χ4v) is 4.87. The lowest BCUT2D eigenvalue weighted by molar-refractivity contribution is 0.239. The zero-order valence-electron chi connectivity index (χ0n) is 17.5. The first kappa shape index (κ1) is 19.1. The summed E-state index contributed by atoms with van der Waals surface area (Å²) in [6, 6.07) is 9.78. The maximum atomic E-state index is 10.6. The molecule has 0 radical (unpaired) electrons. The summed E-state index contributed by atoms with van der Waals surface area (Å²) in [6.07, 6.45) is 10.0. The number of anilines is 1. The standard InChI is InChI=1S/C24H29N5O/c1-28-12-7-18(8-13-28)19-3-4-20(22(30)15-19)21-5-6-23(27-26-21)29-14-10-24(17-29)9-2-11-25-16-24/h3-8,12,15,25,30H,2,9-11,13-14,16-17H2,1H3. The Bertz CT molecular complexity index is 976. The highest BCUT2D eigenvalue weighted by Crippen LogP contribution is 2.38. The third kappa shape index (κ3) is 3.67. The first-order valence-electron chi connectivity index (χ1n) is 10.8. The van der Waals surface area contributed by atoms with Gasteiger partial charge in [-0.05, 0) is 73.5 Å². The van der Waals surface area contributed by atoms with Crippen molar-refractivity contribution in [1.82, 2.24) is 20.4 Å². The van der Waals surface area contributed by atoms with Gasteiger partial charge in [-0.25, -0.2) is 0 Å². The molecule has 0 amide bonds. The Morgan fingerprint density at radius 1 is 1.13 bits per heavy atom. The predicted octanol–water partition coefficient (Wildman–Crippen LogP) is 3.27. The third-order valence-corrected chi connectivity index (χ3v) is 6.69. The molecule has 156 valence electrons. The average molecular weight is 404 g/mol. The van der Waals surface area contributed by atoms with Crippen LogP contribution in [0.3, 0.4) is 0 Å². The zero-order valence-corrected chi connectivity index (χ0v) is 17.5. The number of allylic oxidation sites excluding steroid dienone is 2. The van der Waals surface area contributed by atoms with Crippen molar-refractivity contribution in [3.8, 4) is 17.0 Å². The molecule has 1 spiro atoms. The molecule has 3 aliphatic rings. The molecule has 1 unspecified atom stereocenters. The fraction of sp³-hybridized carbons (Fsp3) is 0.417. The molecule has 2 saturated heterocycles. The number of aromatic hydroxyl groups is 1. The van der Waals surface area contributed by atoms with E-state index in [1.807, 2.05) is 37.4 Å². The molecular weight excluding hydrogens is 374 g/mol. The minimum Gasteiger partial charge on any atom is -0.507 e. The van der Waals surface area contributed by atoms with E-state index in [4.69, 9.17) is 0 Å². The summed E-state index contributed by atoms with van der Waals surface area (Å²) >= 11 is 0. The Morgan fingerprint density at radius 3 is 2.77 bits per heavy atom. The van der Waals surface area contributed by atoms with Crippen LogP contribution in [0.25, 0.3) is 16.8 Å². The van der Waals surface area contributed by atoms with Gasteiger partial charge in [-0.3, -0.25) is 0 Å². The Kier molecular flexibility index (Phi) is 4.95. The number of benzene rings is 1. The highest BCUT2D eigenvalue weighted by atomic mass is 16.3. The summed E-state index contributed by atoms with van der Waals surface area (Å²) in [6.45, 7) is 5.20. The molecule has 2 aromatic rings. The first-order valence-corrected chi connectivity index (χ1v) is 10.8. The van der Waals surface area contributed by atoms with Gasteiger partial charge < -0.3 is 20.2 Å². The van der Waals surface area contributed by atoms with Crippen LogP contribution in [0.5, 0.6) is 5.75 Å². The van der Waals surface area contributed by atoms with Crippen LogP contribution in [0.4, 0.5) is 5.82 Å². The van der Waals surface area contributed by atoms with E-state index in [1.54, 1.807) is 0 Å². The monoisotopic (exact) mass is 403 g/mol. The van der Waals surface area contributed by atoms with Crippen LogP contribution in [0, 0.1) is 5.41 Å². The normalized spacial score (nSPS) is 23.8. The number of rotatable bonds is 3. The van der Waals surface area contributed by atoms with Crippen molar-refractivity contribution < 1.29 is 5.11 Å². The fourth-order valence-electron chi connectivity index (χ4n) is 4.87. The third-order valence-electron chi connectivity index (χ3n) is 6.69. The van der Waals surface area contributed by atoms with Gasteiger partial charge in [0.2, 0.25) is 0 Å². The molecule has 30 heavy (non-hydrogen) atoms. The van der Waals surface area contributed by atoms with Gasteiger partial charge in [0.15, 0.2) is 5.82 Å². The molecule has 6 nitrogen and oxygen atoms in total. The molecule has 0 saturated carbocycles. The largest absolute Gasteiger partial charge is 0.507 e. The van der Waals surface area contributed by atoms with E-state index in [9.17, 15) is 5.11 Å². The van der Waals surface area contributed by atoms with Crippen LogP contribution < -0.4 is 10.2 Å². The summed E-state index contributed by atoms with van der Waals surface area (Å²) < 4.78 is 0. The van der Waals surface area contributed by atoms with Crippen molar-refractivity contribution in [2.24, 2.45) is 5.41 Å². The van der Waals surface area contributed by atoms with Gasteiger partial charge in [-0.1, -0.05) is 12.1 Å². The first-order chi connectivity index (χ1) is 14.6. The van der Waals surface area contributed by atoms with Gasteiger partial charge in [-0.15, -0.1) is 10.2 Å². The maximum absolute atomic E-state index is 10.6. The minimum absolute atomic E-state index is 0.233.